The van der Waals surface area contributed by atoms with Gasteiger partial charge in [0.1, 0.15) is 0 Å². The highest BCUT2D eigenvalue weighted by Gasteiger charge is 2.24. The number of carbonyl (C=O) groups is 1. The van der Waals surface area contributed by atoms with Crippen LogP contribution in [0.3, 0.4) is 0 Å². The van der Waals surface area contributed by atoms with Crippen LogP contribution in [0, 0.1) is 0 Å². The predicted molar refractivity (Wildman–Crippen MR) is 92.9 cm³/mol. The summed E-state index contributed by atoms with van der Waals surface area (Å²) in [5, 5.41) is 0.822. The molecule has 2 aromatic carbocycles. The minimum Gasteiger partial charge on any atom is -0.402 e. The van der Waals surface area contributed by atoms with E-state index in [-0.39, 0.29) is 11.6 Å². The molecule has 1 heterocycles. The van der Waals surface area contributed by atoms with Gasteiger partial charge in [-0.1, -0.05) is 54.4 Å². The van der Waals surface area contributed by atoms with Gasteiger partial charge in [-0.3, -0.25) is 0 Å². The Labute approximate surface area is 144 Å². The third-order valence-electron chi connectivity index (χ3n) is 3.48. The molecule has 0 spiro atoms. The average molecular weight is 346 g/mol. The Hall–Kier alpha value is -2.10. The highest BCUT2D eigenvalue weighted by Crippen LogP contribution is 2.25. The molecule has 0 fully saturated rings. The summed E-state index contributed by atoms with van der Waals surface area (Å²) in [6.07, 6.45) is 2.67. The first-order valence-electron chi connectivity index (χ1n) is 7.13. The fraction of sp³-hybridized carbons (Fsp3) is 0.111. The van der Waals surface area contributed by atoms with E-state index in [1.807, 2.05) is 24.3 Å². The SMILES string of the molecule is CCc1ccc(/C=C2\N=C(c3ccc(Cl)c(Cl)c3)OC2=O)cc1. The number of aryl methyl sites for hydroxylation is 1. The molecule has 3 rings (SSSR count). The summed E-state index contributed by atoms with van der Waals surface area (Å²) in [5.74, 6) is -0.254. The Bertz CT molecular complexity index is 823. The number of aliphatic imine (C=N–C) groups is 1. The van der Waals surface area contributed by atoms with Gasteiger partial charge in [0.2, 0.25) is 5.90 Å². The van der Waals surface area contributed by atoms with Crippen molar-refractivity contribution in [3.63, 3.8) is 0 Å². The van der Waals surface area contributed by atoms with Gasteiger partial charge in [-0.15, -0.1) is 0 Å². The van der Waals surface area contributed by atoms with E-state index in [1.165, 1.54) is 5.56 Å². The number of hydrogen-bond acceptors (Lipinski definition) is 3. The van der Waals surface area contributed by atoms with Crippen LogP contribution in [0.1, 0.15) is 23.6 Å². The Balaban J connectivity index is 1.90. The first-order valence-corrected chi connectivity index (χ1v) is 7.89. The van der Waals surface area contributed by atoms with E-state index in [0.29, 0.717) is 15.6 Å². The van der Waals surface area contributed by atoms with Crippen LogP contribution in [-0.2, 0) is 16.0 Å². The molecule has 0 amide bonds. The van der Waals surface area contributed by atoms with Crippen LogP contribution in [-0.4, -0.2) is 11.9 Å². The van der Waals surface area contributed by atoms with Gasteiger partial charge in [0.05, 0.1) is 10.0 Å². The summed E-state index contributed by atoms with van der Waals surface area (Å²) in [4.78, 5) is 16.2. The molecule has 0 saturated heterocycles. The van der Waals surface area contributed by atoms with Crippen molar-refractivity contribution < 1.29 is 9.53 Å². The molecule has 0 saturated carbocycles. The third-order valence-corrected chi connectivity index (χ3v) is 4.22. The Morgan fingerprint density at radius 3 is 2.48 bits per heavy atom. The summed E-state index contributed by atoms with van der Waals surface area (Å²) in [6.45, 7) is 2.09. The second-order valence-electron chi connectivity index (χ2n) is 5.06. The number of benzene rings is 2. The Morgan fingerprint density at radius 1 is 1.09 bits per heavy atom. The summed E-state index contributed by atoms with van der Waals surface area (Å²) in [5.41, 5.74) is 3.00. The van der Waals surface area contributed by atoms with E-state index in [0.717, 1.165) is 12.0 Å². The van der Waals surface area contributed by atoms with E-state index in [4.69, 9.17) is 27.9 Å². The molecule has 5 heteroatoms. The fourth-order valence-electron chi connectivity index (χ4n) is 2.17. The highest BCUT2D eigenvalue weighted by molar-refractivity contribution is 6.42. The lowest BCUT2D eigenvalue weighted by atomic mass is 10.1. The van der Waals surface area contributed by atoms with Gasteiger partial charge in [-0.25, -0.2) is 9.79 Å². The van der Waals surface area contributed by atoms with Gasteiger partial charge in [-0.2, -0.15) is 0 Å². The van der Waals surface area contributed by atoms with E-state index in [2.05, 4.69) is 11.9 Å². The van der Waals surface area contributed by atoms with Crippen LogP contribution in [0.4, 0.5) is 0 Å². The number of ether oxygens (including phenoxy) is 1. The van der Waals surface area contributed by atoms with Crippen molar-refractivity contribution in [2.24, 2.45) is 4.99 Å². The zero-order valence-corrected chi connectivity index (χ0v) is 13.9. The first-order chi connectivity index (χ1) is 11.1. The van der Waals surface area contributed by atoms with Crippen molar-refractivity contribution in [3.05, 3.63) is 74.9 Å². The molecule has 0 unspecified atom stereocenters. The van der Waals surface area contributed by atoms with Crippen molar-refractivity contribution in [2.75, 3.05) is 0 Å². The van der Waals surface area contributed by atoms with Crippen molar-refractivity contribution in [1.82, 2.24) is 0 Å². The van der Waals surface area contributed by atoms with Gasteiger partial charge in [0.15, 0.2) is 5.70 Å². The summed E-state index contributed by atoms with van der Waals surface area (Å²) in [7, 11) is 0. The van der Waals surface area contributed by atoms with Crippen molar-refractivity contribution in [3.8, 4) is 0 Å². The van der Waals surface area contributed by atoms with Crippen molar-refractivity contribution in [2.45, 2.75) is 13.3 Å². The lowest BCUT2D eigenvalue weighted by Crippen LogP contribution is -2.05. The number of nitrogens with zero attached hydrogens (tertiary/aromatic N) is 1. The number of rotatable bonds is 3. The topological polar surface area (TPSA) is 38.7 Å². The fourth-order valence-corrected chi connectivity index (χ4v) is 2.47. The number of halogens is 2. The van der Waals surface area contributed by atoms with Gasteiger partial charge in [-0.05, 0) is 41.8 Å². The molecule has 116 valence electrons. The maximum absolute atomic E-state index is 12.0. The van der Waals surface area contributed by atoms with Gasteiger partial charge in [0, 0.05) is 5.56 Å². The number of hydrogen-bond donors (Lipinski definition) is 0. The molecule has 0 bridgehead atoms. The molecule has 0 aliphatic carbocycles. The zero-order valence-electron chi connectivity index (χ0n) is 12.3. The highest BCUT2D eigenvalue weighted by atomic mass is 35.5. The molecule has 0 aromatic heterocycles. The van der Waals surface area contributed by atoms with Crippen LogP contribution in [0.25, 0.3) is 6.08 Å². The van der Waals surface area contributed by atoms with E-state index >= 15 is 0 Å². The minimum absolute atomic E-state index is 0.227. The van der Waals surface area contributed by atoms with Crippen LogP contribution in [0.5, 0.6) is 0 Å². The first kappa shape index (κ1) is 15.8. The second kappa shape index (κ2) is 6.57. The maximum atomic E-state index is 12.0. The standard InChI is InChI=1S/C18H13Cl2NO2/c1-2-11-3-5-12(6-4-11)9-16-18(22)23-17(21-16)13-7-8-14(19)15(20)10-13/h3-10H,2H2,1H3/b16-9-. The van der Waals surface area contributed by atoms with Crippen LogP contribution in [0.15, 0.2) is 53.2 Å². The molecule has 0 atom stereocenters. The largest absolute Gasteiger partial charge is 0.402 e. The molecule has 0 radical (unpaired) electrons. The van der Waals surface area contributed by atoms with E-state index in [1.54, 1.807) is 24.3 Å². The molecule has 3 nitrogen and oxygen atoms in total. The van der Waals surface area contributed by atoms with Crippen molar-refractivity contribution >= 4 is 41.1 Å². The van der Waals surface area contributed by atoms with E-state index < -0.39 is 5.97 Å². The molecule has 2 aromatic rings. The summed E-state index contributed by atoms with van der Waals surface area (Å²) < 4.78 is 5.21. The summed E-state index contributed by atoms with van der Waals surface area (Å²) >= 11 is 11.9. The molecule has 1 aliphatic heterocycles. The Morgan fingerprint density at radius 2 is 1.83 bits per heavy atom. The molecular weight excluding hydrogens is 333 g/mol. The monoisotopic (exact) mass is 345 g/mol. The van der Waals surface area contributed by atoms with Gasteiger partial charge < -0.3 is 4.74 Å². The van der Waals surface area contributed by atoms with Gasteiger partial charge >= 0.3 is 5.97 Å². The second-order valence-corrected chi connectivity index (χ2v) is 5.87. The number of cyclic esters (lactones) is 1. The van der Waals surface area contributed by atoms with Crippen molar-refractivity contribution in [1.29, 1.82) is 0 Å². The molecule has 1 aliphatic rings. The molecule has 23 heavy (non-hydrogen) atoms. The van der Waals surface area contributed by atoms with Gasteiger partial charge in [0.25, 0.3) is 0 Å². The van der Waals surface area contributed by atoms with Crippen LogP contribution < -0.4 is 0 Å². The Kier molecular flexibility index (Phi) is 4.51. The lowest BCUT2D eigenvalue weighted by Gasteiger charge is -2.01. The van der Waals surface area contributed by atoms with E-state index in [9.17, 15) is 4.79 Å². The zero-order chi connectivity index (χ0) is 16.4. The van der Waals surface area contributed by atoms with Crippen LogP contribution in [0.2, 0.25) is 10.0 Å². The number of esters is 1. The lowest BCUT2D eigenvalue weighted by molar-refractivity contribution is -0.129. The third kappa shape index (κ3) is 3.46. The average Bonchev–Trinajstić information content (AvgIpc) is 2.92. The quantitative estimate of drug-likeness (QED) is 0.586. The normalized spacial score (nSPS) is 15.7. The summed E-state index contributed by atoms with van der Waals surface area (Å²) in [6, 6.07) is 12.9. The maximum Gasteiger partial charge on any atom is 0.363 e. The molecule has 0 N–H and O–H groups in total. The minimum atomic E-state index is -0.481. The predicted octanol–water partition coefficient (Wildman–Crippen LogP) is 4.90. The van der Waals surface area contributed by atoms with Crippen LogP contribution >= 0.6 is 23.2 Å². The smallest absolute Gasteiger partial charge is 0.363 e. The number of carbonyl (C=O) groups excluding carboxylic acids is 1. The molecular formula is C18H13Cl2NO2.